The molecule has 4 nitrogen and oxygen atoms in total. The van der Waals surface area contributed by atoms with Crippen LogP contribution in [0.3, 0.4) is 0 Å². The van der Waals surface area contributed by atoms with Crippen LogP contribution < -0.4 is 15.4 Å². The van der Waals surface area contributed by atoms with E-state index in [-0.39, 0.29) is 11.3 Å². The smallest absolute Gasteiger partial charge is 0.231 e. The van der Waals surface area contributed by atoms with Gasteiger partial charge in [0.2, 0.25) is 5.91 Å². The fourth-order valence-electron chi connectivity index (χ4n) is 2.43. The molecule has 4 heteroatoms. The molecule has 1 aliphatic heterocycles. The van der Waals surface area contributed by atoms with Gasteiger partial charge in [0.25, 0.3) is 0 Å². The van der Waals surface area contributed by atoms with Gasteiger partial charge < -0.3 is 15.4 Å². The topological polar surface area (TPSA) is 50.4 Å². The molecule has 0 bridgehead atoms. The molecule has 2 rings (SSSR count). The number of amides is 1. The Labute approximate surface area is 114 Å². The van der Waals surface area contributed by atoms with Crippen LogP contribution in [0.5, 0.6) is 5.75 Å². The highest BCUT2D eigenvalue weighted by Crippen LogP contribution is 2.28. The lowest BCUT2D eigenvalue weighted by atomic mass is 9.82. The Morgan fingerprint density at radius 3 is 2.84 bits per heavy atom. The van der Waals surface area contributed by atoms with Crippen LogP contribution in [0.4, 0.5) is 5.69 Å². The SMILES string of the molecule is COc1ccc(NC(=O)C2(C)CCCNC2)c(C)c1. The molecule has 0 radical (unpaired) electrons. The van der Waals surface area contributed by atoms with Crippen molar-refractivity contribution in [3.05, 3.63) is 23.8 Å². The minimum absolute atomic E-state index is 0.0907. The molecule has 0 saturated carbocycles. The van der Waals surface area contributed by atoms with Gasteiger partial charge in [-0.05, 0) is 57.0 Å². The third-order valence-electron chi connectivity index (χ3n) is 3.83. The number of ether oxygens (including phenoxy) is 1. The van der Waals surface area contributed by atoms with E-state index in [1.165, 1.54) is 0 Å². The summed E-state index contributed by atoms with van der Waals surface area (Å²) in [6.07, 6.45) is 1.98. The first-order chi connectivity index (χ1) is 9.05. The third kappa shape index (κ3) is 3.07. The molecular weight excluding hydrogens is 240 g/mol. The summed E-state index contributed by atoms with van der Waals surface area (Å²) in [6.45, 7) is 5.74. The van der Waals surface area contributed by atoms with Crippen LogP contribution in [0.1, 0.15) is 25.3 Å². The van der Waals surface area contributed by atoms with Crippen molar-refractivity contribution in [2.45, 2.75) is 26.7 Å². The molecule has 1 amide bonds. The number of carbonyl (C=O) groups is 1. The van der Waals surface area contributed by atoms with Gasteiger partial charge in [0.15, 0.2) is 0 Å². The third-order valence-corrected chi connectivity index (χ3v) is 3.83. The highest BCUT2D eigenvalue weighted by Gasteiger charge is 2.34. The summed E-state index contributed by atoms with van der Waals surface area (Å²) in [5.74, 6) is 0.897. The van der Waals surface area contributed by atoms with Crippen molar-refractivity contribution in [3.8, 4) is 5.75 Å². The van der Waals surface area contributed by atoms with Crippen molar-refractivity contribution in [1.82, 2.24) is 5.32 Å². The van der Waals surface area contributed by atoms with Crippen molar-refractivity contribution < 1.29 is 9.53 Å². The Bertz CT molecular complexity index is 465. The quantitative estimate of drug-likeness (QED) is 0.879. The van der Waals surface area contributed by atoms with Crippen molar-refractivity contribution >= 4 is 11.6 Å². The molecule has 1 fully saturated rings. The number of benzene rings is 1. The molecule has 1 aromatic rings. The Balaban J connectivity index is 2.10. The molecule has 104 valence electrons. The number of hydrogen-bond donors (Lipinski definition) is 2. The number of nitrogens with one attached hydrogen (secondary N) is 2. The number of anilines is 1. The number of methoxy groups -OCH3 is 1. The zero-order valence-corrected chi connectivity index (χ0v) is 11.9. The van der Waals surface area contributed by atoms with Crippen molar-refractivity contribution in [1.29, 1.82) is 0 Å². The fraction of sp³-hybridized carbons (Fsp3) is 0.533. The predicted molar refractivity (Wildman–Crippen MR) is 76.6 cm³/mol. The number of carbonyl (C=O) groups excluding carboxylic acids is 1. The van der Waals surface area contributed by atoms with E-state index >= 15 is 0 Å². The van der Waals surface area contributed by atoms with Gasteiger partial charge in [-0.25, -0.2) is 0 Å². The van der Waals surface area contributed by atoms with Crippen LogP contribution >= 0.6 is 0 Å². The van der Waals surface area contributed by atoms with Crippen LogP contribution in [-0.2, 0) is 4.79 Å². The van der Waals surface area contributed by atoms with E-state index in [0.29, 0.717) is 0 Å². The Morgan fingerprint density at radius 1 is 1.47 bits per heavy atom. The van der Waals surface area contributed by atoms with Gasteiger partial charge in [-0.2, -0.15) is 0 Å². The lowest BCUT2D eigenvalue weighted by Crippen LogP contribution is -2.46. The van der Waals surface area contributed by atoms with Gasteiger partial charge in [-0.15, -0.1) is 0 Å². The second kappa shape index (κ2) is 5.61. The molecular formula is C15H22N2O2. The van der Waals surface area contributed by atoms with Crippen LogP contribution in [0.2, 0.25) is 0 Å². The van der Waals surface area contributed by atoms with Crippen LogP contribution in [0.15, 0.2) is 18.2 Å². The average Bonchev–Trinajstić information content (AvgIpc) is 2.41. The zero-order chi connectivity index (χ0) is 13.9. The molecule has 2 N–H and O–H groups in total. The van der Waals surface area contributed by atoms with Crippen molar-refractivity contribution in [3.63, 3.8) is 0 Å². The standard InChI is InChI=1S/C15H22N2O2/c1-11-9-12(19-3)5-6-13(11)17-14(18)15(2)7-4-8-16-10-15/h5-6,9,16H,4,7-8,10H2,1-3H3,(H,17,18). The van der Waals surface area contributed by atoms with Gasteiger partial charge in [0.1, 0.15) is 5.75 Å². The first-order valence-corrected chi connectivity index (χ1v) is 6.72. The first kappa shape index (κ1) is 13.9. The summed E-state index contributed by atoms with van der Waals surface area (Å²) in [6, 6.07) is 5.69. The normalized spacial score (nSPS) is 22.9. The molecule has 19 heavy (non-hydrogen) atoms. The highest BCUT2D eigenvalue weighted by atomic mass is 16.5. The second-order valence-electron chi connectivity index (χ2n) is 5.48. The molecule has 1 aliphatic rings. The van der Waals surface area contributed by atoms with Gasteiger partial charge in [-0.1, -0.05) is 0 Å². The highest BCUT2D eigenvalue weighted by molar-refractivity contribution is 5.96. The predicted octanol–water partition coefficient (Wildman–Crippen LogP) is 2.33. The summed E-state index contributed by atoms with van der Waals surface area (Å²) in [4.78, 5) is 12.4. The van der Waals surface area contributed by atoms with Gasteiger partial charge in [-0.3, -0.25) is 4.79 Å². The number of hydrogen-bond acceptors (Lipinski definition) is 3. The van der Waals surface area contributed by atoms with Gasteiger partial charge in [0, 0.05) is 12.2 Å². The molecule has 1 atom stereocenters. The van der Waals surface area contributed by atoms with E-state index in [1.807, 2.05) is 32.0 Å². The number of aryl methyl sites for hydroxylation is 1. The fourth-order valence-corrected chi connectivity index (χ4v) is 2.43. The van der Waals surface area contributed by atoms with Crippen LogP contribution in [0, 0.1) is 12.3 Å². The van der Waals surface area contributed by atoms with E-state index in [9.17, 15) is 4.79 Å². The molecule has 1 saturated heterocycles. The first-order valence-electron chi connectivity index (χ1n) is 6.72. The minimum atomic E-state index is -0.315. The van der Waals surface area contributed by atoms with Crippen molar-refractivity contribution in [2.75, 3.05) is 25.5 Å². The molecule has 0 aromatic heterocycles. The summed E-state index contributed by atoms with van der Waals surface area (Å²) < 4.78 is 5.17. The van der Waals surface area contributed by atoms with Crippen LogP contribution in [-0.4, -0.2) is 26.1 Å². The van der Waals surface area contributed by atoms with E-state index in [4.69, 9.17) is 4.74 Å². The molecule has 0 aliphatic carbocycles. The van der Waals surface area contributed by atoms with E-state index in [2.05, 4.69) is 10.6 Å². The van der Waals surface area contributed by atoms with Crippen molar-refractivity contribution in [2.24, 2.45) is 5.41 Å². The van der Waals surface area contributed by atoms with Crippen LogP contribution in [0.25, 0.3) is 0 Å². The zero-order valence-electron chi connectivity index (χ0n) is 11.9. The number of piperidine rings is 1. The lowest BCUT2D eigenvalue weighted by Gasteiger charge is -2.32. The molecule has 1 unspecified atom stereocenters. The molecule has 0 spiro atoms. The summed E-state index contributed by atoms with van der Waals surface area (Å²) in [5, 5.41) is 6.33. The minimum Gasteiger partial charge on any atom is -0.497 e. The Hall–Kier alpha value is -1.55. The van der Waals surface area contributed by atoms with Gasteiger partial charge >= 0.3 is 0 Å². The molecule has 1 aromatic carbocycles. The monoisotopic (exact) mass is 262 g/mol. The largest absolute Gasteiger partial charge is 0.497 e. The van der Waals surface area contributed by atoms with E-state index < -0.39 is 0 Å². The summed E-state index contributed by atoms with van der Waals surface area (Å²) in [5.41, 5.74) is 1.56. The summed E-state index contributed by atoms with van der Waals surface area (Å²) >= 11 is 0. The second-order valence-corrected chi connectivity index (χ2v) is 5.48. The van der Waals surface area contributed by atoms with Gasteiger partial charge in [0.05, 0.1) is 12.5 Å². The summed E-state index contributed by atoms with van der Waals surface area (Å²) in [7, 11) is 1.64. The van der Waals surface area contributed by atoms with E-state index in [1.54, 1.807) is 7.11 Å². The number of rotatable bonds is 3. The average molecular weight is 262 g/mol. The maximum atomic E-state index is 12.4. The maximum Gasteiger partial charge on any atom is 0.231 e. The Morgan fingerprint density at radius 2 is 2.26 bits per heavy atom. The van der Waals surface area contributed by atoms with E-state index in [0.717, 1.165) is 42.9 Å². The Kier molecular flexibility index (Phi) is 4.10. The maximum absolute atomic E-state index is 12.4. The molecule has 1 heterocycles. The lowest BCUT2D eigenvalue weighted by molar-refractivity contribution is -0.125.